The smallest absolute Gasteiger partial charge is 0.272 e. The summed E-state index contributed by atoms with van der Waals surface area (Å²) in [4.78, 5) is 24.8. The van der Waals surface area contributed by atoms with Crippen molar-refractivity contribution in [3.63, 3.8) is 0 Å². The van der Waals surface area contributed by atoms with Gasteiger partial charge in [-0.25, -0.2) is 14.5 Å². The van der Waals surface area contributed by atoms with Crippen molar-refractivity contribution >= 4 is 16.5 Å². The molecule has 0 fully saturated rings. The first-order valence-corrected chi connectivity index (χ1v) is 9.73. The van der Waals surface area contributed by atoms with Crippen LogP contribution < -0.4 is 11.0 Å². The first kappa shape index (κ1) is 19.3. The molecule has 2 atom stereocenters. The molecule has 1 aliphatic heterocycles. The van der Waals surface area contributed by atoms with Gasteiger partial charge in [0.2, 0.25) is 0 Å². The van der Waals surface area contributed by atoms with Crippen LogP contribution in [0.4, 0.5) is 10.1 Å². The van der Waals surface area contributed by atoms with Crippen LogP contribution in [0.25, 0.3) is 10.8 Å². The van der Waals surface area contributed by atoms with E-state index >= 15 is 0 Å². The fourth-order valence-electron chi connectivity index (χ4n) is 4.01. The molecule has 9 nitrogen and oxygen atoms in total. The lowest BCUT2D eigenvalue weighted by molar-refractivity contribution is 0.0859. The van der Waals surface area contributed by atoms with E-state index in [9.17, 15) is 9.18 Å². The van der Waals surface area contributed by atoms with Crippen molar-refractivity contribution in [3.05, 3.63) is 81.5 Å². The molecule has 0 aliphatic carbocycles. The third kappa shape index (κ3) is 3.45. The van der Waals surface area contributed by atoms with E-state index in [0.717, 1.165) is 17.7 Å². The summed E-state index contributed by atoms with van der Waals surface area (Å²) in [5.41, 5.74) is 5.22. The number of aromatic nitrogens is 5. The van der Waals surface area contributed by atoms with E-state index in [1.54, 1.807) is 0 Å². The van der Waals surface area contributed by atoms with Gasteiger partial charge in [-0.1, -0.05) is 24.3 Å². The topological polar surface area (TPSA) is 112 Å². The van der Waals surface area contributed by atoms with Crippen molar-refractivity contribution < 1.29 is 9.23 Å². The van der Waals surface area contributed by atoms with Crippen LogP contribution in [-0.2, 0) is 11.4 Å². The Kier molecular flexibility index (Phi) is 4.72. The van der Waals surface area contributed by atoms with Crippen LogP contribution in [0.3, 0.4) is 0 Å². The molecule has 2 aromatic heterocycles. The zero-order valence-electron chi connectivity index (χ0n) is 16.9. The normalized spacial score (nSPS) is 18.2. The first-order chi connectivity index (χ1) is 15.0. The van der Waals surface area contributed by atoms with E-state index in [1.165, 1.54) is 18.5 Å². The van der Waals surface area contributed by atoms with E-state index in [1.807, 2.05) is 38.4 Å². The SMILES string of the molecule is CN(C)Cc1ccc(C2ONc3cc(F)cc4c(=O)[nH]nc(c34)C2c2ncn[nH]2)cc1. The molecule has 1 aliphatic rings. The summed E-state index contributed by atoms with van der Waals surface area (Å²) in [5.74, 6) is -0.563. The minimum Gasteiger partial charge on any atom is -0.305 e. The molecule has 0 amide bonds. The molecule has 3 N–H and O–H groups in total. The molecule has 4 aromatic rings. The number of nitrogens with one attached hydrogen (secondary N) is 3. The van der Waals surface area contributed by atoms with Crippen molar-refractivity contribution in [1.29, 1.82) is 0 Å². The summed E-state index contributed by atoms with van der Waals surface area (Å²) < 4.78 is 14.2. The maximum absolute atomic E-state index is 14.2. The van der Waals surface area contributed by atoms with Gasteiger partial charge >= 0.3 is 0 Å². The van der Waals surface area contributed by atoms with Gasteiger partial charge in [-0.2, -0.15) is 10.2 Å². The predicted octanol–water partition coefficient (Wildman–Crippen LogP) is 2.47. The quantitative estimate of drug-likeness (QED) is 0.464. The van der Waals surface area contributed by atoms with E-state index in [2.05, 4.69) is 35.8 Å². The van der Waals surface area contributed by atoms with Crippen molar-refractivity contribution in [2.24, 2.45) is 0 Å². The molecule has 31 heavy (non-hydrogen) atoms. The third-order valence-corrected chi connectivity index (χ3v) is 5.31. The van der Waals surface area contributed by atoms with Crippen LogP contribution in [0.2, 0.25) is 0 Å². The third-order valence-electron chi connectivity index (χ3n) is 5.31. The monoisotopic (exact) mass is 421 g/mol. The van der Waals surface area contributed by atoms with Crippen LogP contribution >= 0.6 is 0 Å². The Bertz CT molecular complexity index is 1290. The highest BCUT2D eigenvalue weighted by Gasteiger charge is 2.36. The standard InChI is InChI=1S/C21H20FN7O2/c1-29(2)9-11-3-5-12(6-4-11)19-17(20-23-10-24-26-20)18-16-14(21(30)27-25-18)7-13(22)8-15(16)28-31-19/h3-8,10,17,19,28H,9H2,1-2H3,(H,27,30)(H,23,24,26). The predicted molar refractivity (Wildman–Crippen MR) is 112 cm³/mol. The number of benzene rings is 2. The Morgan fingerprint density at radius 3 is 2.68 bits per heavy atom. The molecule has 10 heteroatoms. The van der Waals surface area contributed by atoms with Gasteiger partial charge < -0.3 is 4.90 Å². The second kappa shape index (κ2) is 7.56. The zero-order valence-corrected chi connectivity index (χ0v) is 16.9. The number of hydrogen-bond donors (Lipinski definition) is 3. The van der Waals surface area contributed by atoms with Gasteiger partial charge in [-0.15, -0.1) is 0 Å². The second-order valence-corrected chi connectivity index (χ2v) is 7.78. The Morgan fingerprint density at radius 1 is 1.16 bits per heavy atom. The zero-order chi connectivity index (χ0) is 21.5. The Balaban J connectivity index is 1.69. The van der Waals surface area contributed by atoms with Crippen molar-refractivity contribution in [2.75, 3.05) is 19.6 Å². The second-order valence-electron chi connectivity index (χ2n) is 7.78. The minimum absolute atomic E-state index is 0.183. The van der Waals surface area contributed by atoms with E-state index in [4.69, 9.17) is 4.84 Å². The number of anilines is 1. The van der Waals surface area contributed by atoms with Gasteiger partial charge in [0, 0.05) is 11.9 Å². The molecule has 0 spiro atoms. The van der Waals surface area contributed by atoms with Gasteiger partial charge in [0.25, 0.3) is 5.56 Å². The lowest BCUT2D eigenvalue weighted by atomic mass is 9.89. The fourth-order valence-corrected chi connectivity index (χ4v) is 4.01. The molecular weight excluding hydrogens is 401 g/mol. The van der Waals surface area contributed by atoms with Gasteiger partial charge in [0.15, 0.2) is 0 Å². The molecule has 5 rings (SSSR count). The van der Waals surface area contributed by atoms with Crippen LogP contribution in [0.1, 0.15) is 34.7 Å². The summed E-state index contributed by atoms with van der Waals surface area (Å²) in [6.45, 7) is 0.808. The average Bonchev–Trinajstić information content (AvgIpc) is 3.21. The highest BCUT2D eigenvalue weighted by atomic mass is 19.1. The maximum Gasteiger partial charge on any atom is 0.272 e. The first-order valence-electron chi connectivity index (χ1n) is 9.73. The molecule has 0 radical (unpaired) electrons. The summed E-state index contributed by atoms with van der Waals surface area (Å²) in [5, 5.41) is 14.3. The summed E-state index contributed by atoms with van der Waals surface area (Å²) in [7, 11) is 4.02. The lowest BCUT2D eigenvalue weighted by Crippen LogP contribution is -2.20. The molecule has 158 valence electrons. The molecule has 3 heterocycles. The van der Waals surface area contributed by atoms with Crippen molar-refractivity contribution in [1.82, 2.24) is 30.3 Å². The van der Waals surface area contributed by atoms with E-state index < -0.39 is 23.4 Å². The van der Waals surface area contributed by atoms with Crippen LogP contribution in [0, 0.1) is 5.82 Å². The Labute approximate surface area is 176 Å². The van der Waals surface area contributed by atoms with E-state index in [-0.39, 0.29) is 5.39 Å². The molecule has 2 unspecified atom stereocenters. The number of H-pyrrole nitrogens is 2. The number of hydrogen-bond acceptors (Lipinski definition) is 7. The Hall–Kier alpha value is -3.63. The van der Waals surface area contributed by atoms with Crippen LogP contribution in [0.5, 0.6) is 0 Å². The highest BCUT2D eigenvalue weighted by molar-refractivity contribution is 5.95. The van der Waals surface area contributed by atoms with Gasteiger partial charge in [0.05, 0.1) is 22.7 Å². The number of halogens is 1. The number of rotatable bonds is 4. The molecule has 0 saturated carbocycles. The van der Waals surface area contributed by atoms with Crippen molar-refractivity contribution in [2.45, 2.75) is 18.6 Å². The van der Waals surface area contributed by atoms with Crippen molar-refractivity contribution in [3.8, 4) is 0 Å². The van der Waals surface area contributed by atoms with Crippen LogP contribution in [0.15, 0.2) is 47.5 Å². The molecule has 0 saturated heterocycles. The molecular formula is C21H20FN7O2. The summed E-state index contributed by atoms with van der Waals surface area (Å²) >= 11 is 0. The van der Waals surface area contributed by atoms with Gasteiger partial charge in [-0.3, -0.25) is 20.2 Å². The van der Waals surface area contributed by atoms with Gasteiger partial charge in [0.1, 0.15) is 24.1 Å². The largest absolute Gasteiger partial charge is 0.305 e. The molecule has 2 aromatic carbocycles. The number of aromatic amines is 2. The number of nitrogens with zero attached hydrogens (tertiary/aromatic N) is 4. The maximum atomic E-state index is 14.2. The molecule has 0 bridgehead atoms. The average molecular weight is 421 g/mol. The lowest BCUT2D eigenvalue weighted by Gasteiger charge is -2.23. The van der Waals surface area contributed by atoms with E-state index in [0.29, 0.717) is 22.6 Å². The summed E-state index contributed by atoms with van der Waals surface area (Å²) in [6.07, 6.45) is 0.831. The Morgan fingerprint density at radius 2 is 1.97 bits per heavy atom. The van der Waals surface area contributed by atoms with Crippen LogP contribution in [-0.4, -0.2) is 44.4 Å². The highest BCUT2D eigenvalue weighted by Crippen LogP contribution is 2.43. The summed E-state index contributed by atoms with van der Waals surface area (Å²) in [6, 6.07) is 10.5. The minimum atomic E-state index is -0.571. The van der Waals surface area contributed by atoms with Gasteiger partial charge in [-0.05, 0) is 37.4 Å². The fraction of sp³-hybridized carbons (Fsp3) is 0.238.